The van der Waals surface area contributed by atoms with Crippen LogP contribution in [0, 0.1) is 0 Å². The highest BCUT2D eigenvalue weighted by Gasteiger charge is 2.23. The molecule has 18 heavy (non-hydrogen) atoms. The van der Waals surface area contributed by atoms with Gasteiger partial charge in [-0.3, -0.25) is 0 Å². The van der Waals surface area contributed by atoms with Crippen molar-refractivity contribution in [2.75, 3.05) is 18.0 Å². The van der Waals surface area contributed by atoms with Gasteiger partial charge in [-0.2, -0.15) is 0 Å². The number of ether oxygens (including phenoxy) is 2. The standard InChI is InChI=1S/C13H16ClNO3/c1-9-7-15(8-10(2)18-13(16)17-9)12-5-3-11(14)4-6-12/h3-6,9-10H,7-8H2,1-2H3/t9-,10-/m1/s1. The summed E-state index contributed by atoms with van der Waals surface area (Å²) in [6.07, 6.45) is -1.01. The lowest BCUT2D eigenvalue weighted by Gasteiger charge is -2.32. The Bertz CT molecular complexity index is 405. The van der Waals surface area contributed by atoms with Crippen molar-refractivity contribution in [3.05, 3.63) is 29.3 Å². The molecule has 0 aliphatic carbocycles. The maximum Gasteiger partial charge on any atom is 0.508 e. The van der Waals surface area contributed by atoms with E-state index in [1.54, 1.807) is 0 Å². The molecular weight excluding hydrogens is 254 g/mol. The maximum absolute atomic E-state index is 11.3. The molecule has 0 bridgehead atoms. The summed E-state index contributed by atoms with van der Waals surface area (Å²) in [7, 11) is 0. The van der Waals surface area contributed by atoms with Gasteiger partial charge in [-0.25, -0.2) is 4.79 Å². The quantitative estimate of drug-likeness (QED) is 0.735. The first kappa shape index (κ1) is 13.0. The molecule has 1 fully saturated rings. The second-order valence-corrected chi connectivity index (χ2v) is 4.92. The minimum Gasteiger partial charge on any atom is -0.429 e. The van der Waals surface area contributed by atoms with Crippen molar-refractivity contribution in [2.45, 2.75) is 26.1 Å². The van der Waals surface area contributed by atoms with E-state index in [2.05, 4.69) is 4.90 Å². The molecule has 0 amide bonds. The summed E-state index contributed by atoms with van der Waals surface area (Å²) < 4.78 is 10.2. The zero-order valence-corrected chi connectivity index (χ0v) is 11.2. The van der Waals surface area contributed by atoms with Gasteiger partial charge in [-0.1, -0.05) is 11.6 Å². The Balaban J connectivity index is 2.15. The number of hydrogen-bond acceptors (Lipinski definition) is 4. The van der Waals surface area contributed by atoms with Crippen molar-refractivity contribution >= 4 is 23.4 Å². The average molecular weight is 270 g/mol. The number of carbonyl (C=O) groups excluding carboxylic acids is 1. The van der Waals surface area contributed by atoms with Gasteiger partial charge in [-0.05, 0) is 38.1 Å². The molecule has 0 unspecified atom stereocenters. The predicted molar refractivity (Wildman–Crippen MR) is 70.2 cm³/mol. The number of carbonyl (C=O) groups is 1. The molecule has 4 nitrogen and oxygen atoms in total. The lowest BCUT2D eigenvalue weighted by Crippen LogP contribution is -2.42. The highest BCUT2D eigenvalue weighted by atomic mass is 35.5. The Morgan fingerprint density at radius 2 is 1.61 bits per heavy atom. The third-order valence-corrected chi connectivity index (χ3v) is 2.99. The van der Waals surface area contributed by atoms with Crippen LogP contribution in [0.15, 0.2) is 24.3 Å². The van der Waals surface area contributed by atoms with Crippen molar-refractivity contribution in [3.63, 3.8) is 0 Å². The Kier molecular flexibility index (Phi) is 3.97. The first-order chi connectivity index (χ1) is 8.54. The van der Waals surface area contributed by atoms with Crippen LogP contribution >= 0.6 is 11.6 Å². The molecule has 0 aromatic heterocycles. The van der Waals surface area contributed by atoms with Crippen LogP contribution in [0.4, 0.5) is 10.5 Å². The molecule has 2 atom stereocenters. The van der Waals surface area contributed by atoms with Crippen molar-refractivity contribution in [1.29, 1.82) is 0 Å². The molecule has 0 saturated carbocycles. The summed E-state index contributed by atoms with van der Waals surface area (Å²) in [5, 5.41) is 0.703. The minimum absolute atomic E-state index is 0.208. The molecule has 1 aromatic carbocycles. The molecule has 0 N–H and O–H groups in total. The van der Waals surface area contributed by atoms with Gasteiger partial charge in [0.1, 0.15) is 12.2 Å². The third-order valence-electron chi connectivity index (χ3n) is 2.74. The second kappa shape index (κ2) is 5.48. The number of benzene rings is 1. The van der Waals surface area contributed by atoms with Crippen LogP contribution in [0.1, 0.15) is 13.8 Å². The molecule has 2 rings (SSSR count). The first-order valence-electron chi connectivity index (χ1n) is 5.92. The SMILES string of the molecule is C[C@@H]1CN(c2ccc(Cl)cc2)C[C@@H](C)OC(=O)O1. The van der Waals surface area contributed by atoms with Gasteiger partial charge in [0.05, 0.1) is 13.1 Å². The molecule has 1 aromatic rings. The van der Waals surface area contributed by atoms with Gasteiger partial charge in [0.25, 0.3) is 0 Å². The predicted octanol–water partition coefficient (Wildman–Crippen LogP) is 3.09. The molecular formula is C13H16ClNO3. The molecule has 1 aliphatic rings. The molecule has 98 valence electrons. The van der Waals surface area contributed by atoms with Gasteiger partial charge >= 0.3 is 6.16 Å². The van der Waals surface area contributed by atoms with Crippen LogP contribution in [0.5, 0.6) is 0 Å². The number of halogens is 1. The third kappa shape index (κ3) is 3.29. The Labute approximate surface area is 111 Å². The second-order valence-electron chi connectivity index (χ2n) is 4.49. The van der Waals surface area contributed by atoms with Crippen LogP contribution < -0.4 is 4.90 Å². The summed E-state index contributed by atoms with van der Waals surface area (Å²) in [6, 6.07) is 7.59. The number of nitrogens with zero attached hydrogens (tertiary/aromatic N) is 1. The highest BCUT2D eigenvalue weighted by molar-refractivity contribution is 6.30. The molecule has 1 heterocycles. The normalized spacial score (nSPS) is 24.8. The van der Waals surface area contributed by atoms with Crippen LogP contribution in [0.2, 0.25) is 5.02 Å². The Hall–Kier alpha value is -1.42. The number of anilines is 1. The van der Waals surface area contributed by atoms with E-state index in [0.29, 0.717) is 18.1 Å². The fourth-order valence-corrected chi connectivity index (χ4v) is 2.11. The van der Waals surface area contributed by atoms with Gasteiger partial charge in [0.15, 0.2) is 0 Å². The van der Waals surface area contributed by atoms with Crippen LogP contribution in [-0.4, -0.2) is 31.5 Å². The summed E-state index contributed by atoms with van der Waals surface area (Å²) in [6.45, 7) is 4.97. The van der Waals surface area contributed by atoms with Gasteiger partial charge < -0.3 is 14.4 Å². The lowest BCUT2D eigenvalue weighted by atomic mass is 10.2. The lowest BCUT2D eigenvalue weighted by molar-refractivity contribution is 0.00130. The molecule has 0 radical (unpaired) electrons. The monoisotopic (exact) mass is 269 g/mol. The van der Waals surface area contributed by atoms with E-state index in [9.17, 15) is 4.79 Å². The van der Waals surface area contributed by atoms with Gasteiger partial charge in [0, 0.05) is 10.7 Å². The zero-order chi connectivity index (χ0) is 13.1. The zero-order valence-electron chi connectivity index (χ0n) is 10.4. The highest BCUT2D eigenvalue weighted by Crippen LogP contribution is 2.20. The first-order valence-corrected chi connectivity index (χ1v) is 6.30. The maximum atomic E-state index is 11.3. The summed E-state index contributed by atoms with van der Waals surface area (Å²) in [5.41, 5.74) is 1.04. The number of rotatable bonds is 1. The fraction of sp³-hybridized carbons (Fsp3) is 0.462. The van der Waals surface area contributed by atoms with E-state index < -0.39 is 6.16 Å². The average Bonchev–Trinajstić information content (AvgIpc) is 2.26. The Morgan fingerprint density at radius 1 is 1.11 bits per heavy atom. The number of cyclic esters (lactones) is 2. The summed E-state index contributed by atoms with van der Waals surface area (Å²) in [4.78, 5) is 13.4. The largest absolute Gasteiger partial charge is 0.508 e. The molecule has 1 saturated heterocycles. The van der Waals surface area contributed by atoms with Crippen molar-refractivity contribution < 1.29 is 14.3 Å². The van der Waals surface area contributed by atoms with E-state index >= 15 is 0 Å². The van der Waals surface area contributed by atoms with Crippen LogP contribution in [-0.2, 0) is 9.47 Å². The minimum atomic E-state index is -0.592. The molecule has 5 heteroatoms. The van der Waals surface area contributed by atoms with Crippen LogP contribution in [0.25, 0.3) is 0 Å². The number of hydrogen-bond donors (Lipinski definition) is 0. The van der Waals surface area contributed by atoms with Crippen molar-refractivity contribution in [3.8, 4) is 0 Å². The topological polar surface area (TPSA) is 38.8 Å². The van der Waals surface area contributed by atoms with E-state index in [4.69, 9.17) is 21.1 Å². The summed E-state index contributed by atoms with van der Waals surface area (Å²) in [5.74, 6) is 0. The van der Waals surface area contributed by atoms with E-state index in [1.165, 1.54) is 0 Å². The summed E-state index contributed by atoms with van der Waals surface area (Å²) >= 11 is 5.87. The van der Waals surface area contributed by atoms with Crippen molar-refractivity contribution in [1.82, 2.24) is 0 Å². The Morgan fingerprint density at radius 3 is 2.11 bits per heavy atom. The molecule has 0 spiro atoms. The van der Waals surface area contributed by atoms with Crippen LogP contribution in [0.3, 0.4) is 0 Å². The van der Waals surface area contributed by atoms with E-state index in [0.717, 1.165) is 5.69 Å². The molecule has 1 aliphatic heterocycles. The smallest absolute Gasteiger partial charge is 0.429 e. The van der Waals surface area contributed by atoms with E-state index in [1.807, 2.05) is 38.1 Å². The fourth-order valence-electron chi connectivity index (χ4n) is 1.99. The van der Waals surface area contributed by atoms with E-state index in [-0.39, 0.29) is 12.2 Å². The van der Waals surface area contributed by atoms with Gasteiger partial charge in [0.2, 0.25) is 0 Å². The van der Waals surface area contributed by atoms with Gasteiger partial charge in [-0.15, -0.1) is 0 Å². The van der Waals surface area contributed by atoms with Crippen molar-refractivity contribution in [2.24, 2.45) is 0 Å².